The molecule has 1 unspecified atom stereocenters. The van der Waals surface area contributed by atoms with Crippen LogP contribution in [0.2, 0.25) is 0 Å². The molecule has 0 rings (SSSR count). The zero-order valence-corrected chi connectivity index (χ0v) is 40.1. The molecule has 0 amide bonds. The van der Waals surface area contributed by atoms with Crippen LogP contribution >= 0.6 is 0 Å². The summed E-state index contributed by atoms with van der Waals surface area (Å²) in [5.41, 5.74) is -0.743. The summed E-state index contributed by atoms with van der Waals surface area (Å²) in [6.07, 6.45) is 60.5. The lowest BCUT2D eigenvalue weighted by Gasteiger charge is -2.28. The minimum absolute atomic E-state index is 0.367. The standard InChI is InChI=1S/C22H44O.C19H38O.C4H10.2C2H6.2C2H2/c1-4-7-10-11-12-13-14-15-18-21-22(23,19-16-8-5-2)20-17-9-6-3;1-4-7-9-10-11-12-13-14-16-18-19(20,6-3)17-15-8-5-2;1-3-4-2;4*1-2/h4,23H,1,5-21H2,2-3H3;4,20H,1,5-18H2,2-3H3;3-4H2,1-2H3;2*1-2H3;2*1-2H. The molecule has 0 aromatic carbocycles. The summed E-state index contributed by atoms with van der Waals surface area (Å²) in [4.78, 5) is 0. The number of terminal acetylenes is 2. The van der Waals surface area contributed by atoms with E-state index in [4.69, 9.17) is 0 Å². The van der Waals surface area contributed by atoms with Crippen molar-refractivity contribution >= 4 is 0 Å². The Labute approximate surface area is 352 Å². The van der Waals surface area contributed by atoms with Crippen molar-refractivity contribution in [1.29, 1.82) is 0 Å². The monoisotopic (exact) mass is 777 g/mol. The molecule has 0 bridgehead atoms. The lowest BCUT2D eigenvalue weighted by atomic mass is 9.85. The van der Waals surface area contributed by atoms with E-state index in [0.717, 1.165) is 38.5 Å². The van der Waals surface area contributed by atoms with Gasteiger partial charge in [-0.3, -0.25) is 0 Å². The Morgan fingerprint density at radius 2 is 0.564 bits per heavy atom. The van der Waals surface area contributed by atoms with Gasteiger partial charge in [0.05, 0.1) is 11.2 Å². The van der Waals surface area contributed by atoms with Crippen LogP contribution in [0, 0.1) is 25.7 Å². The molecule has 0 aliphatic carbocycles. The van der Waals surface area contributed by atoms with Crippen LogP contribution in [0.4, 0.5) is 0 Å². The molecule has 2 N–H and O–H groups in total. The van der Waals surface area contributed by atoms with Crippen LogP contribution in [0.15, 0.2) is 25.3 Å². The predicted molar refractivity (Wildman–Crippen MR) is 259 cm³/mol. The first-order valence-corrected chi connectivity index (χ1v) is 24.1. The van der Waals surface area contributed by atoms with Crippen molar-refractivity contribution in [2.45, 2.75) is 292 Å². The van der Waals surface area contributed by atoms with Crippen LogP contribution in [0.5, 0.6) is 0 Å². The van der Waals surface area contributed by atoms with Crippen LogP contribution in [0.3, 0.4) is 0 Å². The van der Waals surface area contributed by atoms with Gasteiger partial charge < -0.3 is 10.2 Å². The molecule has 1 atom stereocenters. The van der Waals surface area contributed by atoms with Crippen LogP contribution in [-0.2, 0) is 0 Å². The van der Waals surface area contributed by atoms with E-state index >= 15 is 0 Å². The highest BCUT2D eigenvalue weighted by Crippen LogP contribution is 2.29. The maximum atomic E-state index is 11.0. The first kappa shape index (κ1) is 68.2. The highest BCUT2D eigenvalue weighted by molar-refractivity contribution is 4.79. The fourth-order valence-corrected chi connectivity index (χ4v) is 6.22. The smallest absolute Gasteiger partial charge is 0.0647 e. The van der Waals surface area contributed by atoms with Crippen molar-refractivity contribution in [3.8, 4) is 25.7 Å². The minimum atomic E-state index is -0.376. The van der Waals surface area contributed by atoms with E-state index < -0.39 is 0 Å². The molecule has 2 heteroatoms. The number of hydrogen-bond donors (Lipinski definition) is 2. The zero-order chi connectivity index (χ0) is 43.7. The summed E-state index contributed by atoms with van der Waals surface area (Å²) in [5, 5.41) is 21.5. The molecule has 2 nitrogen and oxygen atoms in total. The van der Waals surface area contributed by atoms with Gasteiger partial charge in [-0.2, -0.15) is 0 Å². The maximum absolute atomic E-state index is 11.0. The van der Waals surface area contributed by atoms with Crippen molar-refractivity contribution < 1.29 is 10.2 Å². The molecule has 0 aromatic heterocycles. The normalized spacial score (nSPS) is 10.9. The molecule has 0 saturated heterocycles. The quantitative estimate of drug-likeness (QED) is 0.0388. The van der Waals surface area contributed by atoms with Gasteiger partial charge in [0.2, 0.25) is 0 Å². The van der Waals surface area contributed by atoms with E-state index in [1.165, 1.54) is 173 Å². The molecule has 0 aliphatic heterocycles. The van der Waals surface area contributed by atoms with Crippen molar-refractivity contribution in [3.05, 3.63) is 25.3 Å². The van der Waals surface area contributed by atoms with E-state index in [0.29, 0.717) is 0 Å². The van der Waals surface area contributed by atoms with Gasteiger partial charge in [0.1, 0.15) is 0 Å². The van der Waals surface area contributed by atoms with E-state index in [1.54, 1.807) is 0 Å². The summed E-state index contributed by atoms with van der Waals surface area (Å²) in [7, 11) is 0. The molecular weight excluding hydrogens is 669 g/mol. The third kappa shape index (κ3) is 67.6. The lowest BCUT2D eigenvalue weighted by Crippen LogP contribution is -2.28. The summed E-state index contributed by atoms with van der Waals surface area (Å²) in [6.45, 7) is 28.7. The molecule has 0 fully saturated rings. The Morgan fingerprint density at radius 3 is 0.782 bits per heavy atom. The van der Waals surface area contributed by atoms with E-state index in [-0.39, 0.29) is 11.2 Å². The maximum Gasteiger partial charge on any atom is 0.0647 e. The van der Waals surface area contributed by atoms with Gasteiger partial charge in [-0.25, -0.2) is 0 Å². The number of allylic oxidation sites excluding steroid dienone is 2. The Morgan fingerprint density at radius 1 is 0.345 bits per heavy atom. The molecule has 0 aromatic rings. The second-order valence-corrected chi connectivity index (χ2v) is 14.8. The number of hydrogen-bond acceptors (Lipinski definition) is 2. The Balaban J connectivity index is -0.000000131. The van der Waals surface area contributed by atoms with Crippen LogP contribution < -0.4 is 0 Å². The van der Waals surface area contributed by atoms with Gasteiger partial charge in [-0.1, -0.05) is 229 Å². The fourth-order valence-electron chi connectivity index (χ4n) is 6.22. The lowest BCUT2D eigenvalue weighted by molar-refractivity contribution is 0.00723. The third-order valence-corrected chi connectivity index (χ3v) is 10.00. The number of unbranched alkanes of at least 4 members (excludes halogenated alkanes) is 21. The Hall–Kier alpha value is -1.48. The van der Waals surface area contributed by atoms with Gasteiger partial charge >= 0.3 is 0 Å². The van der Waals surface area contributed by atoms with E-state index in [9.17, 15) is 10.2 Å². The summed E-state index contributed by atoms with van der Waals surface area (Å²) < 4.78 is 0. The van der Waals surface area contributed by atoms with Gasteiger partial charge in [0.25, 0.3) is 0 Å². The number of aliphatic hydroxyl groups is 2. The molecule has 0 spiro atoms. The van der Waals surface area contributed by atoms with Crippen LogP contribution in [0.25, 0.3) is 0 Å². The molecule has 0 heterocycles. The second kappa shape index (κ2) is 67.3. The highest BCUT2D eigenvalue weighted by atomic mass is 16.3. The molecule has 0 radical (unpaired) electrons. The van der Waals surface area contributed by atoms with Gasteiger partial charge in [0, 0.05) is 0 Å². The van der Waals surface area contributed by atoms with E-state index in [1.807, 2.05) is 39.8 Å². The highest BCUT2D eigenvalue weighted by Gasteiger charge is 2.25. The van der Waals surface area contributed by atoms with Gasteiger partial charge in [0.15, 0.2) is 0 Å². The molecule has 332 valence electrons. The second-order valence-electron chi connectivity index (χ2n) is 14.8. The largest absolute Gasteiger partial charge is 0.390 e. The zero-order valence-electron chi connectivity index (χ0n) is 40.1. The summed E-state index contributed by atoms with van der Waals surface area (Å²) in [5.74, 6) is 0. The summed E-state index contributed by atoms with van der Waals surface area (Å²) in [6, 6.07) is 0. The van der Waals surface area contributed by atoms with Gasteiger partial charge in [-0.05, 0) is 64.2 Å². The van der Waals surface area contributed by atoms with Crippen molar-refractivity contribution in [3.63, 3.8) is 0 Å². The first-order chi connectivity index (χ1) is 26.8. The van der Waals surface area contributed by atoms with Crippen LogP contribution in [-0.4, -0.2) is 21.4 Å². The fraction of sp³-hybridized carbons (Fsp3) is 0.849. The average Bonchev–Trinajstić information content (AvgIpc) is 3.23. The Bertz CT molecular complexity index is 644. The molecule has 0 saturated carbocycles. The molecular formula is C53H108O2. The SMILES string of the molecule is C#C.C#C.C=CCCCCCCCCCC(O)(CC)CCCCC.C=CCCCCCCCCCC(O)(CCCCC)CCCCC.CC.CC.CCCC. The third-order valence-electron chi connectivity index (χ3n) is 10.00. The summed E-state index contributed by atoms with van der Waals surface area (Å²) >= 11 is 0. The van der Waals surface area contributed by atoms with Crippen LogP contribution in [0.1, 0.15) is 281 Å². The first-order valence-electron chi connectivity index (χ1n) is 24.1. The molecule has 0 aliphatic rings. The van der Waals surface area contributed by atoms with Crippen molar-refractivity contribution in [1.82, 2.24) is 0 Å². The average molecular weight is 777 g/mol. The Kier molecular flexibility index (Phi) is 83.4. The van der Waals surface area contributed by atoms with Gasteiger partial charge in [-0.15, -0.1) is 38.9 Å². The number of rotatable bonds is 34. The predicted octanol–water partition coefficient (Wildman–Crippen LogP) is 18.3. The topological polar surface area (TPSA) is 40.5 Å². The van der Waals surface area contributed by atoms with E-state index in [2.05, 4.69) is 80.4 Å². The minimum Gasteiger partial charge on any atom is -0.390 e. The molecule has 55 heavy (non-hydrogen) atoms. The van der Waals surface area contributed by atoms with Crippen molar-refractivity contribution in [2.24, 2.45) is 0 Å². The van der Waals surface area contributed by atoms with Crippen molar-refractivity contribution in [2.75, 3.05) is 0 Å².